The molecule has 0 heterocycles. The molecule has 0 fully saturated rings. The molecule has 3 nitrogen and oxygen atoms in total. The van der Waals surface area contributed by atoms with Crippen LogP contribution in [-0.2, 0) is 6.42 Å². The van der Waals surface area contributed by atoms with Crippen LogP contribution in [0.5, 0.6) is 0 Å². The summed E-state index contributed by atoms with van der Waals surface area (Å²) in [6, 6.07) is 7.65. The van der Waals surface area contributed by atoms with E-state index in [2.05, 4.69) is 5.10 Å². The van der Waals surface area contributed by atoms with Gasteiger partial charge in [0.05, 0.1) is 0 Å². The van der Waals surface area contributed by atoms with Gasteiger partial charge in [-0.1, -0.05) is 23.7 Å². The van der Waals surface area contributed by atoms with Gasteiger partial charge in [-0.3, -0.25) is 0 Å². The molecule has 1 aromatic rings. The molecule has 70 valence electrons. The third kappa shape index (κ3) is 3.34. The highest BCUT2D eigenvalue weighted by Gasteiger charge is 1.96. The van der Waals surface area contributed by atoms with E-state index in [1.165, 1.54) is 0 Å². The minimum absolute atomic E-state index is 0.458. The van der Waals surface area contributed by atoms with Gasteiger partial charge in [0.1, 0.15) is 5.84 Å². The van der Waals surface area contributed by atoms with Crippen molar-refractivity contribution in [2.75, 3.05) is 0 Å². The highest BCUT2D eigenvalue weighted by atomic mass is 35.5. The van der Waals surface area contributed by atoms with Crippen molar-refractivity contribution in [3.8, 4) is 0 Å². The van der Waals surface area contributed by atoms with Crippen molar-refractivity contribution >= 4 is 17.4 Å². The van der Waals surface area contributed by atoms with E-state index in [1.54, 1.807) is 0 Å². The standard InChI is InChI=1S/C9H12ClN3/c10-8-3-1-2-7(6-8)4-5-9(11)13-12/h1-3,6H,4-5,12H2,(H2,11,13). The molecule has 0 saturated heterocycles. The second-order valence-electron chi connectivity index (χ2n) is 2.75. The lowest BCUT2D eigenvalue weighted by Crippen LogP contribution is -2.14. The Morgan fingerprint density at radius 2 is 2.23 bits per heavy atom. The summed E-state index contributed by atoms with van der Waals surface area (Å²) in [5.41, 5.74) is 6.59. The van der Waals surface area contributed by atoms with E-state index in [-0.39, 0.29) is 0 Å². The Morgan fingerprint density at radius 3 is 2.85 bits per heavy atom. The number of nitrogens with two attached hydrogens (primary N) is 2. The van der Waals surface area contributed by atoms with Gasteiger partial charge in [0.25, 0.3) is 0 Å². The molecule has 0 aliphatic heterocycles. The molecule has 1 rings (SSSR count). The van der Waals surface area contributed by atoms with Crippen LogP contribution in [0.3, 0.4) is 0 Å². The normalized spacial score (nSPS) is 11.6. The van der Waals surface area contributed by atoms with Gasteiger partial charge in [-0.15, -0.1) is 0 Å². The number of hydrazone groups is 1. The summed E-state index contributed by atoms with van der Waals surface area (Å²) in [4.78, 5) is 0. The first-order chi connectivity index (χ1) is 6.22. The number of benzene rings is 1. The lowest BCUT2D eigenvalue weighted by Gasteiger charge is -2.00. The number of aryl methyl sites for hydroxylation is 1. The van der Waals surface area contributed by atoms with Gasteiger partial charge >= 0.3 is 0 Å². The molecule has 0 aliphatic carbocycles. The van der Waals surface area contributed by atoms with Gasteiger partial charge in [-0.05, 0) is 24.1 Å². The Morgan fingerprint density at radius 1 is 1.46 bits per heavy atom. The van der Waals surface area contributed by atoms with E-state index < -0.39 is 0 Å². The van der Waals surface area contributed by atoms with Crippen molar-refractivity contribution in [2.24, 2.45) is 16.7 Å². The Balaban J connectivity index is 2.55. The summed E-state index contributed by atoms with van der Waals surface area (Å²) in [5.74, 6) is 5.46. The molecule has 0 saturated carbocycles. The topological polar surface area (TPSA) is 64.4 Å². The van der Waals surface area contributed by atoms with Crippen LogP contribution in [0.15, 0.2) is 29.4 Å². The third-order valence-corrected chi connectivity index (χ3v) is 1.96. The Bertz CT molecular complexity index is 309. The van der Waals surface area contributed by atoms with E-state index in [9.17, 15) is 0 Å². The largest absolute Gasteiger partial charge is 0.386 e. The highest BCUT2D eigenvalue weighted by Crippen LogP contribution is 2.11. The zero-order chi connectivity index (χ0) is 9.68. The number of amidine groups is 1. The zero-order valence-corrected chi connectivity index (χ0v) is 7.96. The fraction of sp³-hybridized carbons (Fsp3) is 0.222. The van der Waals surface area contributed by atoms with E-state index in [0.717, 1.165) is 17.0 Å². The minimum atomic E-state index is 0.458. The van der Waals surface area contributed by atoms with Crippen LogP contribution in [0.25, 0.3) is 0 Å². The maximum Gasteiger partial charge on any atom is 0.119 e. The molecule has 0 spiro atoms. The molecule has 0 unspecified atom stereocenters. The number of nitrogens with zero attached hydrogens (tertiary/aromatic N) is 1. The summed E-state index contributed by atoms with van der Waals surface area (Å²) in [7, 11) is 0. The van der Waals surface area contributed by atoms with Gasteiger partial charge in [0, 0.05) is 11.4 Å². The molecule has 0 bridgehead atoms. The van der Waals surface area contributed by atoms with Crippen LogP contribution < -0.4 is 11.6 Å². The Hall–Kier alpha value is -1.22. The van der Waals surface area contributed by atoms with Crippen molar-refractivity contribution in [3.05, 3.63) is 34.9 Å². The fourth-order valence-corrected chi connectivity index (χ4v) is 1.24. The van der Waals surface area contributed by atoms with Gasteiger partial charge in [0.2, 0.25) is 0 Å². The molecular formula is C9H12ClN3. The predicted molar refractivity (Wildman–Crippen MR) is 55.6 cm³/mol. The number of hydrogen-bond donors (Lipinski definition) is 2. The summed E-state index contributed by atoms with van der Waals surface area (Å²) in [6.07, 6.45) is 1.48. The molecule has 13 heavy (non-hydrogen) atoms. The van der Waals surface area contributed by atoms with Crippen molar-refractivity contribution in [2.45, 2.75) is 12.8 Å². The van der Waals surface area contributed by atoms with Crippen LogP contribution in [0.2, 0.25) is 5.02 Å². The van der Waals surface area contributed by atoms with Crippen molar-refractivity contribution in [3.63, 3.8) is 0 Å². The van der Waals surface area contributed by atoms with E-state index in [1.807, 2.05) is 24.3 Å². The SMILES string of the molecule is N/N=C(\N)CCc1cccc(Cl)c1. The first kappa shape index (κ1) is 9.86. The molecule has 0 atom stereocenters. The van der Waals surface area contributed by atoms with Crippen molar-refractivity contribution in [1.29, 1.82) is 0 Å². The molecular weight excluding hydrogens is 186 g/mol. The van der Waals surface area contributed by atoms with Gasteiger partial charge in [-0.25, -0.2) is 0 Å². The summed E-state index contributed by atoms with van der Waals surface area (Å²) in [6.45, 7) is 0. The average molecular weight is 198 g/mol. The van der Waals surface area contributed by atoms with Gasteiger partial charge in [-0.2, -0.15) is 5.10 Å². The second-order valence-corrected chi connectivity index (χ2v) is 3.19. The smallest absolute Gasteiger partial charge is 0.119 e. The second kappa shape index (κ2) is 4.72. The number of hydrogen-bond acceptors (Lipinski definition) is 2. The van der Waals surface area contributed by atoms with E-state index in [4.69, 9.17) is 23.2 Å². The summed E-state index contributed by atoms with van der Waals surface area (Å²) >= 11 is 5.81. The number of halogens is 1. The molecule has 4 N–H and O–H groups in total. The van der Waals surface area contributed by atoms with E-state index >= 15 is 0 Å². The third-order valence-electron chi connectivity index (χ3n) is 1.72. The van der Waals surface area contributed by atoms with Crippen LogP contribution >= 0.6 is 11.6 Å². The van der Waals surface area contributed by atoms with Gasteiger partial charge in [0.15, 0.2) is 0 Å². The first-order valence-corrected chi connectivity index (χ1v) is 4.37. The average Bonchev–Trinajstić information content (AvgIpc) is 2.14. The molecule has 1 aromatic carbocycles. The van der Waals surface area contributed by atoms with Crippen LogP contribution in [0.1, 0.15) is 12.0 Å². The highest BCUT2D eigenvalue weighted by molar-refractivity contribution is 6.30. The molecule has 0 aliphatic rings. The lowest BCUT2D eigenvalue weighted by molar-refractivity contribution is 1.01. The van der Waals surface area contributed by atoms with Crippen LogP contribution in [0, 0.1) is 0 Å². The minimum Gasteiger partial charge on any atom is -0.386 e. The van der Waals surface area contributed by atoms with Gasteiger partial charge < -0.3 is 11.6 Å². The maximum atomic E-state index is 5.81. The van der Waals surface area contributed by atoms with Crippen LogP contribution in [0.4, 0.5) is 0 Å². The van der Waals surface area contributed by atoms with Crippen LogP contribution in [-0.4, -0.2) is 5.84 Å². The molecule has 0 aromatic heterocycles. The Kier molecular flexibility index (Phi) is 3.58. The Labute approximate surface area is 82.4 Å². The predicted octanol–water partition coefficient (Wildman–Crippen LogP) is 1.50. The summed E-state index contributed by atoms with van der Waals surface area (Å²) in [5, 5.41) is 4.12. The van der Waals surface area contributed by atoms with Crippen molar-refractivity contribution in [1.82, 2.24) is 0 Å². The molecule has 4 heteroatoms. The fourth-order valence-electron chi connectivity index (χ4n) is 1.03. The monoisotopic (exact) mass is 197 g/mol. The maximum absolute atomic E-state index is 5.81. The molecule has 0 radical (unpaired) electrons. The molecule has 0 amide bonds. The quantitative estimate of drug-likeness (QED) is 0.334. The lowest BCUT2D eigenvalue weighted by atomic mass is 10.1. The van der Waals surface area contributed by atoms with E-state index in [0.29, 0.717) is 12.3 Å². The van der Waals surface area contributed by atoms with Crippen molar-refractivity contribution < 1.29 is 0 Å². The first-order valence-electron chi connectivity index (χ1n) is 3.99. The number of rotatable bonds is 3. The zero-order valence-electron chi connectivity index (χ0n) is 7.20. The summed E-state index contributed by atoms with van der Waals surface area (Å²) < 4.78 is 0.